The van der Waals surface area contributed by atoms with Crippen molar-refractivity contribution in [1.82, 2.24) is 9.38 Å². The Morgan fingerprint density at radius 3 is 2.89 bits per heavy atom. The third-order valence-corrected chi connectivity index (χ3v) is 3.90. The molecule has 0 bridgehead atoms. The van der Waals surface area contributed by atoms with Crippen molar-refractivity contribution in [2.45, 2.75) is 20.8 Å². The van der Waals surface area contributed by atoms with E-state index in [4.69, 9.17) is 0 Å². The average Bonchev–Trinajstić information content (AvgIpc) is 2.83. The molecule has 0 radical (unpaired) electrons. The van der Waals surface area contributed by atoms with Crippen LogP contribution in [0.15, 0.2) is 11.6 Å². The summed E-state index contributed by atoms with van der Waals surface area (Å²) in [5.74, 6) is 1.34. The second-order valence-electron chi connectivity index (χ2n) is 4.70. The van der Waals surface area contributed by atoms with Gasteiger partial charge >= 0.3 is 5.82 Å². The maximum Gasteiger partial charge on any atom is 0.372 e. The van der Waals surface area contributed by atoms with Gasteiger partial charge in [0, 0.05) is 11.9 Å². The summed E-state index contributed by atoms with van der Waals surface area (Å²) < 4.78 is 1.51. The van der Waals surface area contributed by atoms with Gasteiger partial charge in [-0.25, -0.2) is 0 Å². The first-order valence-electron chi connectivity index (χ1n) is 5.84. The Kier molecular flexibility index (Phi) is 3.51. The Morgan fingerprint density at radius 2 is 2.28 bits per heavy atom. The number of nitrogens with zero attached hydrogens (tertiary/aromatic N) is 3. The van der Waals surface area contributed by atoms with Gasteiger partial charge in [-0.3, -0.25) is 0 Å². The SMILES string of the molecule is CC(C)C(C)CNc1nc2sccn2c1[N+](=O)[O-]. The number of nitro groups is 1. The molecule has 0 spiro atoms. The lowest BCUT2D eigenvalue weighted by atomic mass is 9.98. The van der Waals surface area contributed by atoms with Crippen LogP contribution in [0.5, 0.6) is 0 Å². The van der Waals surface area contributed by atoms with Crippen molar-refractivity contribution in [2.24, 2.45) is 11.8 Å². The number of thiazole rings is 1. The first kappa shape index (κ1) is 12.8. The van der Waals surface area contributed by atoms with Crippen LogP contribution in [-0.2, 0) is 0 Å². The minimum absolute atomic E-state index is 0.0159. The third kappa shape index (κ3) is 2.31. The molecule has 2 heterocycles. The number of nitrogens with one attached hydrogen (secondary N) is 1. The molecule has 98 valence electrons. The van der Waals surface area contributed by atoms with E-state index in [9.17, 15) is 10.1 Å². The van der Waals surface area contributed by atoms with Crippen LogP contribution in [0.2, 0.25) is 0 Å². The number of hydrogen-bond donors (Lipinski definition) is 1. The van der Waals surface area contributed by atoms with Gasteiger partial charge < -0.3 is 15.4 Å². The summed E-state index contributed by atoms with van der Waals surface area (Å²) in [5, 5.41) is 16.0. The average molecular weight is 268 g/mol. The summed E-state index contributed by atoms with van der Waals surface area (Å²) in [6, 6.07) is 0. The van der Waals surface area contributed by atoms with Crippen LogP contribution in [-0.4, -0.2) is 20.9 Å². The molecule has 6 nitrogen and oxygen atoms in total. The van der Waals surface area contributed by atoms with Crippen molar-refractivity contribution >= 4 is 27.9 Å². The van der Waals surface area contributed by atoms with Crippen LogP contribution < -0.4 is 5.32 Å². The van der Waals surface area contributed by atoms with Crippen molar-refractivity contribution in [3.63, 3.8) is 0 Å². The Morgan fingerprint density at radius 1 is 1.56 bits per heavy atom. The summed E-state index contributed by atoms with van der Waals surface area (Å²) in [4.78, 5) is 15.6. The van der Waals surface area contributed by atoms with E-state index in [1.165, 1.54) is 15.7 Å². The van der Waals surface area contributed by atoms with E-state index in [0.29, 0.717) is 29.2 Å². The van der Waals surface area contributed by atoms with Crippen LogP contribution in [0, 0.1) is 22.0 Å². The molecule has 7 heteroatoms. The lowest BCUT2D eigenvalue weighted by Gasteiger charge is -2.15. The monoisotopic (exact) mass is 268 g/mol. The number of aromatic nitrogens is 2. The van der Waals surface area contributed by atoms with E-state index in [2.05, 4.69) is 31.1 Å². The molecule has 0 fully saturated rings. The minimum atomic E-state index is -0.394. The lowest BCUT2D eigenvalue weighted by molar-refractivity contribution is -0.389. The summed E-state index contributed by atoms with van der Waals surface area (Å²) in [6.07, 6.45) is 1.67. The molecule has 2 aromatic heterocycles. The van der Waals surface area contributed by atoms with E-state index in [0.717, 1.165) is 0 Å². The zero-order valence-corrected chi connectivity index (χ0v) is 11.4. The van der Waals surface area contributed by atoms with Crippen molar-refractivity contribution in [2.75, 3.05) is 11.9 Å². The van der Waals surface area contributed by atoms with E-state index in [-0.39, 0.29) is 5.82 Å². The third-order valence-electron chi connectivity index (χ3n) is 3.14. The number of rotatable bonds is 5. The molecule has 18 heavy (non-hydrogen) atoms. The van der Waals surface area contributed by atoms with Gasteiger partial charge in [-0.05, 0) is 16.8 Å². The first-order chi connectivity index (χ1) is 8.50. The number of fused-ring (bicyclic) bond motifs is 1. The van der Waals surface area contributed by atoms with Crippen molar-refractivity contribution < 1.29 is 4.92 Å². The molecule has 0 aliphatic heterocycles. The number of imidazole rings is 1. The fraction of sp³-hybridized carbons (Fsp3) is 0.545. The predicted octanol–water partition coefficient (Wildman–Crippen LogP) is 3.01. The molecule has 0 saturated carbocycles. The second kappa shape index (κ2) is 4.93. The van der Waals surface area contributed by atoms with Gasteiger partial charge in [0.1, 0.15) is 6.20 Å². The normalized spacial score (nSPS) is 13.1. The molecule has 2 aromatic rings. The first-order valence-corrected chi connectivity index (χ1v) is 6.72. The lowest BCUT2D eigenvalue weighted by Crippen LogP contribution is -2.17. The highest BCUT2D eigenvalue weighted by molar-refractivity contribution is 7.15. The quantitative estimate of drug-likeness (QED) is 0.668. The highest BCUT2D eigenvalue weighted by Crippen LogP contribution is 2.28. The molecular formula is C11H16N4O2S. The fourth-order valence-corrected chi connectivity index (χ4v) is 2.27. The van der Waals surface area contributed by atoms with Crippen molar-refractivity contribution in [3.05, 3.63) is 21.7 Å². The summed E-state index contributed by atoms with van der Waals surface area (Å²) in [5.41, 5.74) is 0. The van der Waals surface area contributed by atoms with Gasteiger partial charge in [0.25, 0.3) is 4.96 Å². The predicted molar refractivity (Wildman–Crippen MR) is 72.2 cm³/mol. The van der Waals surface area contributed by atoms with Gasteiger partial charge in [-0.1, -0.05) is 32.1 Å². The van der Waals surface area contributed by atoms with E-state index >= 15 is 0 Å². The van der Waals surface area contributed by atoms with Gasteiger partial charge in [0.05, 0.1) is 0 Å². The summed E-state index contributed by atoms with van der Waals surface area (Å²) in [7, 11) is 0. The van der Waals surface area contributed by atoms with Gasteiger partial charge in [0.15, 0.2) is 0 Å². The Balaban J connectivity index is 2.24. The Labute approximate surface area is 109 Å². The van der Waals surface area contributed by atoms with Crippen LogP contribution in [0.25, 0.3) is 4.96 Å². The van der Waals surface area contributed by atoms with Gasteiger partial charge in [-0.15, -0.1) is 0 Å². The summed E-state index contributed by atoms with van der Waals surface area (Å²) in [6.45, 7) is 7.06. The number of anilines is 1. The standard InChI is InChI=1S/C11H16N4O2S/c1-7(2)8(3)6-12-9-10(15(16)17)14-4-5-18-11(14)13-9/h4-5,7-8,12H,6H2,1-3H3. The molecule has 0 saturated heterocycles. The molecule has 1 N–H and O–H groups in total. The van der Waals surface area contributed by atoms with Crippen LogP contribution in [0.1, 0.15) is 20.8 Å². The molecule has 0 amide bonds. The molecule has 0 aliphatic carbocycles. The van der Waals surface area contributed by atoms with Gasteiger partial charge in [-0.2, -0.15) is 9.38 Å². The zero-order valence-electron chi connectivity index (χ0n) is 10.6. The van der Waals surface area contributed by atoms with E-state index in [1.807, 2.05) is 0 Å². The topological polar surface area (TPSA) is 72.5 Å². The highest BCUT2D eigenvalue weighted by Gasteiger charge is 2.23. The maximum absolute atomic E-state index is 11.1. The van der Waals surface area contributed by atoms with Crippen LogP contribution >= 0.6 is 11.3 Å². The largest absolute Gasteiger partial charge is 0.372 e. The molecule has 0 aromatic carbocycles. The second-order valence-corrected chi connectivity index (χ2v) is 5.57. The van der Waals surface area contributed by atoms with Crippen LogP contribution in [0.3, 0.4) is 0 Å². The highest BCUT2D eigenvalue weighted by atomic mass is 32.1. The fourth-order valence-electron chi connectivity index (χ4n) is 1.56. The Hall–Kier alpha value is -1.63. The molecule has 1 atom stereocenters. The summed E-state index contributed by atoms with van der Waals surface area (Å²) >= 11 is 1.39. The maximum atomic E-state index is 11.1. The van der Waals surface area contributed by atoms with Gasteiger partial charge in [0.2, 0.25) is 5.82 Å². The molecular weight excluding hydrogens is 252 g/mol. The molecule has 0 aliphatic rings. The number of hydrogen-bond acceptors (Lipinski definition) is 5. The zero-order chi connectivity index (χ0) is 13.3. The van der Waals surface area contributed by atoms with E-state index in [1.54, 1.807) is 11.6 Å². The van der Waals surface area contributed by atoms with E-state index < -0.39 is 4.92 Å². The smallest absolute Gasteiger partial charge is 0.363 e. The molecule has 2 rings (SSSR count). The molecule has 1 unspecified atom stereocenters. The van der Waals surface area contributed by atoms with Crippen molar-refractivity contribution in [3.8, 4) is 0 Å². The van der Waals surface area contributed by atoms with Crippen LogP contribution in [0.4, 0.5) is 11.6 Å². The minimum Gasteiger partial charge on any atom is -0.363 e. The Bertz CT molecular complexity index is 560. The van der Waals surface area contributed by atoms with Crippen molar-refractivity contribution in [1.29, 1.82) is 0 Å².